The van der Waals surface area contributed by atoms with Crippen molar-refractivity contribution in [2.75, 3.05) is 0 Å². The van der Waals surface area contributed by atoms with Gasteiger partial charge in [0, 0.05) is 5.56 Å². The molecule has 0 saturated carbocycles. The maximum absolute atomic E-state index is 10.5. The summed E-state index contributed by atoms with van der Waals surface area (Å²) in [6.45, 7) is 6.41. The first-order valence-electron chi connectivity index (χ1n) is 8.48. The first-order chi connectivity index (χ1) is 10.1. The first kappa shape index (κ1) is 17.8. The number of hydrogen-bond acceptors (Lipinski definition) is 1. The van der Waals surface area contributed by atoms with Crippen molar-refractivity contribution in [1.82, 2.24) is 0 Å². The van der Waals surface area contributed by atoms with Gasteiger partial charge in [0.25, 0.3) is 0 Å². The lowest BCUT2D eigenvalue weighted by Gasteiger charge is -2.20. The summed E-state index contributed by atoms with van der Waals surface area (Å²) in [5.41, 5.74) is 1.56. The number of aryl methyl sites for hydroxylation is 1. The summed E-state index contributed by atoms with van der Waals surface area (Å²) in [7, 11) is 0. The highest BCUT2D eigenvalue weighted by Crippen LogP contribution is 2.19. The van der Waals surface area contributed by atoms with Gasteiger partial charge in [0.2, 0.25) is 0 Å². The highest BCUT2D eigenvalue weighted by atomic mass is 16.3. The van der Waals surface area contributed by atoms with Gasteiger partial charge in [-0.3, -0.25) is 0 Å². The molecule has 1 aromatic rings. The summed E-state index contributed by atoms with van der Waals surface area (Å²) < 4.78 is 0. The molecular formula is C20H30O. The average molecular weight is 286 g/mol. The standard InChI is InChI=1S/C20H30O/c1-4-7-8-10-18-11-9-12-19(17-18)13-16-20(21,14-5-2)15-6-3/h9,11-12,17,21H,4-8,10,14-15H2,1-3H3. The minimum absolute atomic E-state index is 0.754. The highest BCUT2D eigenvalue weighted by molar-refractivity contribution is 5.38. The quantitative estimate of drug-likeness (QED) is 0.520. The van der Waals surface area contributed by atoms with Crippen LogP contribution in [-0.4, -0.2) is 10.7 Å². The Labute approximate surface area is 130 Å². The van der Waals surface area contributed by atoms with Gasteiger partial charge in [-0.15, -0.1) is 0 Å². The molecule has 1 nitrogen and oxygen atoms in total. The summed E-state index contributed by atoms with van der Waals surface area (Å²) in [5, 5.41) is 10.5. The van der Waals surface area contributed by atoms with Gasteiger partial charge in [-0.25, -0.2) is 0 Å². The van der Waals surface area contributed by atoms with E-state index in [1.54, 1.807) is 0 Å². The SMILES string of the molecule is CCCCCc1cccc(C#CC(O)(CCC)CCC)c1. The minimum Gasteiger partial charge on any atom is -0.378 e. The number of hydrogen-bond donors (Lipinski definition) is 1. The van der Waals surface area contributed by atoms with E-state index in [9.17, 15) is 5.11 Å². The van der Waals surface area contributed by atoms with Crippen LogP contribution in [0.5, 0.6) is 0 Å². The Morgan fingerprint density at radius 2 is 1.71 bits per heavy atom. The second-order valence-electron chi connectivity index (χ2n) is 5.94. The molecule has 0 aromatic heterocycles. The zero-order valence-electron chi connectivity index (χ0n) is 13.9. The van der Waals surface area contributed by atoms with Crippen molar-refractivity contribution in [3.05, 3.63) is 35.4 Å². The predicted octanol–water partition coefficient (Wildman–Crippen LogP) is 5.10. The van der Waals surface area contributed by atoms with Gasteiger partial charge >= 0.3 is 0 Å². The van der Waals surface area contributed by atoms with E-state index < -0.39 is 5.60 Å². The van der Waals surface area contributed by atoms with Gasteiger partial charge < -0.3 is 5.11 Å². The number of aliphatic hydroxyl groups is 1. The molecule has 1 aromatic carbocycles. The van der Waals surface area contributed by atoms with Crippen molar-refractivity contribution in [3.63, 3.8) is 0 Å². The Morgan fingerprint density at radius 1 is 1.00 bits per heavy atom. The van der Waals surface area contributed by atoms with E-state index in [0.29, 0.717) is 0 Å². The van der Waals surface area contributed by atoms with Crippen LogP contribution >= 0.6 is 0 Å². The van der Waals surface area contributed by atoms with Crippen LogP contribution < -0.4 is 0 Å². The third-order valence-corrected chi connectivity index (χ3v) is 3.76. The topological polar surface area (TPSA) is 20.2 Å². The van der Waals surface area contributed by atoms with Crippen molar-refractivity contribution in [2.45, 2.75) is 77.7 Å². The van der Waals surface area contributed by atoms with Crippen LogP contribution in [0.1, 0.15) is 76.8 Å². The molecule has 21 heavy (non-hydrogen) atoms. The van der Waals surface area contributed by atoms with E-state index >= 15 is 0 Å². The largest absolute Gasteiger partial charge is 0.378 e. The fraction of sp³-hybridized carbons (Fsp3) is 0.600. The minimum atomic E-state index is -0.818. The molecule has 0 atom stereocenters. The molecule has 0 bridgehead atoms. The van der Waals surface area contributed by atoms with E-state index in [1.807, 2.05) is 6.07 Å². The molecule has 0 heterocycles. The van der Waals surface area contributed by atoms with Crippen LogP contribution in [-0.2, 0) is 6.42 Å². The molecule has 0 radical (unpaired) electrons. The summed E-state index contributed by atoms with van der Waals surface area (Å²) in [6.07, 6.45) is 8.32. The molecule has 116 valence electrons. The lowest BCUT2D eigenvalue weighted by atomic mass is 9.93. The highest BCUT2D eigenvalue weighted by Gasteiger charge is 2.21. The van der Waals surface area contributed by atoms with E-state index in [2.05, 4.69) is 50.8 Å². The van der Waals surface area contributed by atoms with Gasteiger partial charge in [0.15, 0.2) is 0 Å². The molecule has 1 N–H and O–H groups in total. The number of unbranched alkanes of at least 4 members (excludes halogenated alkanes) is 2. The van der Waals surface area contributed by atoms with E-state index in [-0.39, 0.29) is 0 Å². The van der Waals surface area contributed by atoms with Crippen LogP contribution in [0.25, 0.3) is 0 Å². The van der Waals surface area contributed by atoms with Gasteiger partial charge in [0.05, 0.1) is 0 Å². The van der Waals surface area contributed by atoms with E-state index in [4.69, 9.17) is 0 Å². The Kier molecular flexibility index (Phi) is 8.16. The lowest BCUT2D eigenvalue weighted by Crippen LogP contribution is -2.25. The Balaban J connectivity index is 2.77. The predicted molar refractivity (Wildman–Crippen MR) is 91.3 cm³/mol. The normalized spacial score (nSPS) is 11.0. The van der Waals surface area contributed by atoms with Crippen molar-refractivity contribution in [2.24, 2.45) is 0 Å². The molecule has 0 aliphatic rings. The van der Waals surface area contributed by atoms with Gasteiger partial charge in [-0.05, 0) is 43.4 Å². The van der Waals surface area contributed by atoms with E-state index in [1.165, 1.54) is 24.8 Å². The second kappa shape index (κ2) is 9.64. The lowest BCUT2D eigenvalue weighted by molar-refractivity contribution is 0.0807. The molecule has 0 saturated heterocycles. The smallest absolute Gasteiger partial charge is 0.125 e. The van der Waals surface area contributed by atoms with Crippen molar-refractivity contribution >= 4 is 0 Å². The van der Waals surface area contributed by atoms with Crippen LogP contribution in [0.15, 0.2) is 24.3 Å². The monoisotopic (exact) mass is 286 g/mol. The van der Waals surface area contributed by atoms with Crippen LogP contribution in [0, 0.1) is 11.8 Å². The van der Waals surface area contributed by atoms with Gasteiger partial charge in [0.1, 0.15) is 5.60 Å². The number of rotatable bonds is 8. The first-order valence-corrected chi connectivity index (χ1v) is 8.48. The van der Waals surface area contributed by atoms with Crippen molar-refractivity contribution in [3.8, 4) is 11.8 Å². The summed E-state index contributed by atoms with van der Waals surface area (Å²) in [4.78, 5) is 0. The molecule has 0 aliphatic heterocycles. The Bertz CT molecular complexity index is 458. The molecule has 1 rings (SSSR count). The Morgan fingerprint density at radius 3 is 2.33 bits per heavy atom. The Hall–Kier alpha value is -1.26. The second-order valence-corrected chi connectivity index (χ2v) is 5.94. The molecule has 0 spiro atoms. The molecule has 0 amide bonds. The van der Waals surface area contributed by atoms with Crippen molar-refractivity contribution < 1.29 is 5.11 Å². The molecule has 0 unspecified atom stereocenters. The zero-order valence-corrected chi connectivity index (χ0v) is 13.9. The molecule has 1 heteroatoms. The third-order valence-electron chi connectivity index (χ3n) is 3.76. The van der Waals surface area contributed by atoms with E-state index in [0.717, 1.165) is 37.7 Å². The molecule has 0 fully saturated rings. The average Bonchev–Trinajstić information content (AvgIpc) is 2.47. The third kappa shape index (κ3) is 6.82. The number of benzene rings is 1. The van der Waals surface area contributed by atoms with Crippen LogP contribution in [0.4, 0.5) is 0 Å². The van der Waals surface area contributed by atoms with Crippen molar-refractivity contribution in [1.29, 1.82) is 0 Å². The molecule has 0 aliphatic carbocycles. The fourth-order valence-corrected chi connectivity index (χ4v) is 2.65. The summed E-state index contributed by atoms with van der Waals surface area (Å²) in [6, 6.07) is 8.45. The van der Waals surface area contributed by atoms with Gasteiger partial charge in [-0.1, -0.05) is 70.4 Å². The zero-order chi connectivity index (χ0) is 15.6. The molecular weight excluding hydrogens is 256 g/mol. The van der Waals surface area contributed by atoms with Crippen LogP contribution in [0.2, 0.25) is 0 Å². The fourth-order valence-electron chi connectivity index (χ4n) is 2.65. The van der Waals surface area contributed by atoms with Crippen LogP contribution in [0.3, 0.4) is 0 Å². The maximum atomic E-state index is 10.5. The summed E-state index contributed by atoms with van der Waals surface area (Å²) in [5.74, 6) is 6.30. The maximum Gasteiger partial charge on any atom is 0.125 e. The summed E-state index contributed by atoms with van der Waals surface area (Å²) >= 11 is 0. The van der Waals surface area contributed by atoms with Gasteiger partial charge in [-0.2, -0.15) is 0 Å².